The van der Waals surface area contributed by atoms with Crippen molar-refractivity contribution in [1.82, 2.24) is 9.21 Å². The lowest BCUT2D eigenvalue weighted by Gasteiger charge is -2.42. The second-order valence-electron chi connectivity index (χ2n) is 10.5. The number of amides is 1. The van der Waals surface area contributed by atoms with Crippen LogP contribution in [0.15, 0.2) is 77.7 Å². The molecule has 3 aromatic rings. The van der Waals surface area contributed by atoms with E-state index in [-0.39, 0.29) is 24.9 Å². The van der Waals surface area contributed by atoms with Crippen LogP contribution in [-0.2, 0) is 21.0 Å². The van der Waals surface area contributed by atoms with Gasteiger partial charge in [0.1, 0.15) is 0 Å². The number of benzene rings is 3. The number of alkyl halides is 3. The summed E-state index contributed by atoms with van der Waals surface area (Å²) >= 11 is 6.21. The predicted octanol–water partition coefficient (Wildman–Crippen LogP) is 5.81. The first-order valence-electron chi connectivity index (χ1n) is 13.5. The third kappa shape index (κ3) is 6.10. The average Bonchev–Trinajstić information content (AvgIpc) is 2.98. The van der Waals surface area contributed by atoms with Crippen LogP contribution in [0.3, 0.4) is 0 Å². The van der Waals surface area contributed by atoms with E-state index in [1.165, 1.54) is 12.1 Å². The third-order valence-corrected chi connectivity index (χ3v) is 10.2. The van der Waals surface area contributed by atoms with Crippen LogP contribution >= 0.6 is 11.6 Å². The predicted molar refractivity (Wildman–Crippen MR) is 152 cm³/mol. The van der Waals surface area contributed by atoms with E-state index in [9.17, 15) is 26.4 Å². The molecular weight excluding hydrogens is 575 g/mol. The Labute approximate surface area is 243 Å². The number of anilines is 1. The van der Waals surface area contributed by atoms with Crippen LogP contribution in [0.1, 0.15) is 29.0 Å². The zero-order valence-electron chi connectivity index (χ0n) is 22.5. The summed E-state index contributed by atoms with van der Waals surface area (Å²) in [4.78, 5) is 17.2. The van der Waals surface area contributed by atoms with Gasteiger partial charge < -0.3 is 9.80 Å². The van der Waals surface area contributed by atoms with Gasteiger partial charge in [-0.2, -0.15) is 17.5 Å². The van der Waals surface area contributed by atoms with E-state index in [1.807, 2.05) is 55.5 Å². The molecule has 218 valence electrons. The van der Waals surface area contributed by atoms with Crippen molar-refractivity contribution in [1.29, 1.82) is 0 Å². The molecule has 3 aromatic carbocycles. The van der Waals surface area contributed by atoms with Crippen LogP contribution in [0.5, 0.6) is 0 Å². The second kappa shape index (κ2) is 11.7. The molecule has 2 atom stereocenters. The Morgan fingerprint density at radius 3 is 2.24 bits per heavy atom. The van der Waals surface area contributed by atoms with Crippen LogP contribution in [0.2, 0.25) is 5.02 Å². The summed E-state index contributed by atoms with van der Waals surface area (Å²) in [5, 5.41) is 0.630. The molecule has 0 unspecified atom stereocenters. The zero-order chi connectivity index (χ0) is 29.4. The van der Waals surface area contributed by atoms with Gasteiger partial charge in [-0.05, 0) is 54.7 Å². The molecule has 0 spiro atoms. The molecule has 6 nitrogen and oxygen atoms in total. The molecule has 0 N–H and O–H groups in total. The summed E-state index contributed by atoms with van der Waals surface area (Å²) in [6, 6.07) is 19.3. The van der Waals surface area contributed by atoms with Crippen LogP contribution in [-0.4, -0.2) is 62.8 Å². The summed E-state index contributed by atoms with van der Waals surface area (Å²) in [6.07, 6.45) is -4.52. The van der Waals surface area contributed by atoms with Crippen molar-refractivity contribution in [3.05, 3.63) is 94.5 Å². The monoisotopic (exact) mass is 605 g/mol. The molecule has 0 saturated carbocycles. The van der Waals surface area contributed by atoms with Crippen LogP contribution in [0.25, 0.3) is 0 Å². The smallest absolute Gasteiger partial charge is 0.368 e. The molecule has 2 aliphatic heterocycles. The highest BCUT2D eigenvalue weighted by Crippen LogP contribution is 2.39. The number of halogens is 4. The van der Waals surface area contributed by atoms with Gasteiger partial charge in [0.05, 0.1) is 16.4 Å². The average molecular weight is 606 g/mol. The van der Waals surface area contributed by atoms with Crippen LogP contribution < -0.4 is 4.90 Å². The van der Waals surface area contributed by atoms with Crippen molar-refractivity contribution in [3.63, 3.8) is 0 Å². The summed E-state index contributed by atoms with van der Waals surface area (Å²) in [5.41, 5.74) is 1.78. The first kappa shape index (κ1) is 29.4. The molecule has 0 bridgehead atoms. The zero-order valence-corrected chi connectivity index (χ0v) is 24.1. The Balaban J connectivity index is 1.40. The quantitative estimate of drug-likeness (QED) is 0.368. The minimum atomic E-state index is -4.83. The van der Waals surface area contributed by atoms with Gasteiger partial charge in [0, 0.05) is 50.0 Å². The molecule has 0 aliphatic carbocycles. The SMILES string of the molecule is Cc1ccc(Cl)cc1N1CCN(C(=O)[C@@H]2CN(S(=O)(=O)c3ccccc3C(F)(F)F)CC[C@H]2c2ccccc2)CC1. The van der Waals surface area contributed by atoms with Gasteiger partial charge in [0.2, 0.25) is 15.9 Å². The van der Waals surface area contributed by atoms with Gasteiger partial charge in [-0.25, -0.2) is 8.42 Å². The van der Waals surface area contributed by atoms with Gasteiger partial charge in [-0.15, -0.1) is 0 Å². The number of carbonyl (C=O) groups excluding carboxylic acids is 1. The highest BCUT2D eigenvalue weighted by molar-refractivity contribution is 7.89. The van der Waals surface area contributed by atoms with Gasteiger partial charge in [0.25, 0.3) is 0 Å². The van der Waals surface area contributed by atoms with E-state index in [4.69, 9.17) is 11.6 Å². The van der Waals surface area contributed by atoms with Gasteiger partial charge in [-0.3, -0.25) is 4.79 Å². The number of aryl methyl sites for hydroxylation is 1. The van der Waals surface area contributed by atoms with Crippen molar-refractivity contribution in [3.8, 4) is 0 Å². The molecule has 2 fully saturated rings. The highest BCUT2D eigenvalue weighted by Gasteiger charge is 2.44. The molecule has 41 heavy (non-hydrogen) atoms. The van der Waals surface area contributed by atoms with E-state index in [2.05, 4.69) is 4.90 Å². The summed E-state index contributed by atoms with van der Waals surface area (Å²) in [7, 11) is -4.51. The third-order valence-electron chi connectivity index (χ3n) is 8.03. The second-order valence-corrected chi connectivity index (χ2v) is 12.9. The molecule has 2 aliphatic rings. The lowest BCUT2D eigenvalue weighted by molar-refractivity contribution is -0.140. The minimum absolute atomic E-state index is 0.0136. The fourth-order valence-corrected chi connectivity index (χ4v) is 7.74. The van der Waals surface area contributed by atoms with Crippen LogP contribution in [0.4, 0.5) is 18.9 Å². The van der Waals surface area contributed by atoms with E-state index < -0.39 is 32.6 Å². The lowest BCUT2D eigenvalue weighted by atomic mass is 9.80. The molecule has 11 heteroatoms. The van der Waals surface area contributed by atoms with E-state index in [0.29, 0.717) is 37.6 Å². The van der Waals surface area contributed by atoms with Crippen molar-refractivity contribution < 1.29 is 26.4 Å². The van der Waals surface area contributed by atoms with Gasteiger partial charge >= 0.3 is 6.18 Å². The number of sulfonamides is 1. The van der Waals surface area contributed by atoms with Crippen molar-refractivity contribution in [2.75, 3.05) is 44.2 Å². The maximum atomic E-state index is 14.0. The number of rotatable bonds is 5. The molecular formula is C30H31ClF3N3O3S. The standard InChI is InChI=1S/C30H31ClF3N3O3S/c1-21-11-12-23(31)19-27(21)35-15-17-36(18-16-35)29(38)25-20-37(14-13-24(25)22-7-3-2-4-8-22)41(39,40)28-10-6-5-9-26(28)30(32,33)34/h2-12,19,24-25H,13-18,20H2,1H3/t24-,25+/m0/s1. The fraction of sp³-hybridized carbons (Fsp3) is 0.367. The Morgan fingerprint density at radius 1 is 0.902 bits per heavy atom. The fourth-order valence-electron chi connectivity index (χ4n) is 5.88. The minimum Gasteiger partial charge on any atom is -0.368 e. The Hall–Kier alpha value is -3.08. The Morgan fingerprint density at radius 2 is 1.56 bits per heavy atom. The maximum Gasteiger partial charge on any atom is 0.417 e. The van der Waals surface area contributed by atoms with Crippen molar-refractivity contribution in [2.45, 2.75) is 30.3 Å². The van der Waals surface area contributed by atoms with E-state index >= 15 is 0 Å². The normalized spacial score (nSPS) is 20.7. The summed E-state index contributed by atoms with van der Waals surface area (Å²) in [5.74, 6) is -1.19. The number of piperazine rings is 1. The topological polar surface area (TPSA) is 60.9 Å². The van der Waals surface area contributed by atoms with Crippen molar-refractivity contribution in [2.24, 2.45) is 5.92 Å². The first-order valence-corrected chi connectivity index (χ1v) is 15.3. The lowest BCUT2D eigenvalue weighted by Crippen LogP contribution is -2.54. The largest absolute Gasteiger partial charge is 0.417 e. The molecule has 5 rings (SSSR count). The number of hydrogen-bond donors (Lipinski definition) is 0. The molecule has 0 radical (unpaired) electrons. The van der Waals surface area contributed by atoms with Gasteiger partial charge in [0.15, 0.2) is 0 Å². The molecule has 2 heterocycles. The number of hydrogen-bond acceptors (Lipinski definition) is 4. The molecule has 0 aromatic heterocycles. The van der Waals surface area contributed by atoms with E-state index in [1.54, 1.807) is 4.90 Å². The Bertz CT molecular complexity index is 1510. The van der Waals surface area contributed by atoms with E-state index in [0.717, 1.165) is 33.3 Å². The Kier molecular flexibility index (Phi) is 8.36. The first-order chi connectivity index (χ1) is 19.5. The molecule has 2 saturated heterocycles. The number of carbonyl (C=O) groups is 1. The maximum absolute atomic E-state index is 14.0. The number of piperidine rings is 1. The van der Waals surface area contributed by atoms with Crippen LogP contribution in [0, 0.1) is 12.8 Å². The highest BCUT2D eigenvalue weighted by atomic mass is 35.5. The van der Waals surface area contributed by atoms with Crippen molar-refractivity contribution >= 4 is 33.2 Å². The summed E-state index contributed by atoms with van der Waals surface area (Å²) in [6.45, 7) is 3.86. The number of nitrogens with zero attached hydrogens (tertiary/aromatic N) is 3. The molecule has 1 amide bonds. The summed E-state index contributed by atoms with van der Waals surface area (Å²) < 4.78 is 69.4. The van der Waals surface area contributed by atoms with Gasteiger partial charge in [-0.1, -0.05) is 60.1 Å².